The molecule has 0 atom stereocenters. The third-order valence-corrected chi connectivity index (χ3v) is 7.89. The van der Waals surface area contributed by atoms with Crippen molar-refractivity contribution in [2.75, 3.05) is 52.4 Å². The van der Waals surface area contributed by atoms with Crippen LogP contribution in [0.3, 0.4) is 0 Å². The van der Waals surface area contributed by atoms with E-state index in [4.69, 9.17) is 10.5 Å². The molecule has 0 aromatic rings. The van der Waals surface area contributed by atoms with E-state index in [1.165, 1.54) is 164 Å². The first kappa shape index (κ1) is 40.3. The monoisotopic (exact) mass is 517 g/mol. The van der Waals surface area contributed by atoms with Crippen molar-refractivity contribution in [2.45, 2.75) is 158 Å². The fourth-order valence-electron chi connectivity index (χ4n) is 5.29. The summed E-state index contributed by atoms with van der Waals surface area (Å²) in [6.07, 6.45) is 22.1. The van der Waals surface area contributed by atoms with Gasteiger partial charge in [-0.25, -0.2) is 0 Å². The van der Waals surface area contributed by atoms with Crippen LogP contribution in [0.25, 0.3) is 0 Å². The van der Waals surface area contributed by atoms with Gasteiger partial charge in [0.2, 0.25) is 0 Å². The smallest absolute Gasteiger partial charge is 0.0786 e. The van der Waals surface area contributed by atoms with Crippen molar-refractivity contribution in [3.63, 3.8) is 0 Å². The maximum absolute atomic E-state index is 7.00. The van der Waals surface area contributed by atoms with E-state index in [0.29, 0.717) is 0 Å². The van der Waals surface area contributed by atoms with Crippen LogP contribution < -0.4 is 10.5 Å². The van der Waals surface area contributed by atoms with E-state index in [2.05, 4.69) is 55.4 Å². The summed E-state index contributed by atoms with van der Waals surface area (Å²) in [7, 11) is 0. The Bertz CT molecular complexity index is 279. The van der Waals surface area contributed by atoms with Gasteiger partial charge in [0.1, 0.15) is 0 Å². The standard InChI is InChI=1S/2C16H36N.O2/c2*1-5-9-13-17(14-10-6-2,15-11-7-3)16-12-8-4;1-2/h2*5-16H2,1-4H3;/q2*+1;-2. The molecule has 0 saturated carbocycles. The average molecular weight is 517 g/mol. The largest absolute Gasteiger partial charge is 1.00 e. The van der Waals surface area contributed by atoms with Crippen LogP contribution in [0.1, 0.15) is 158 Å². The second-order valence-electron chi connectivity index (χ2n) is 11.3. The highest BCUT2D eigenvalue weighted by Gasteiger charge is 2.25. The Morgan fingerprint density at radius 2 is 0.389 bits per heavy atom. The van der Waals surface area contributed by atoms with E-state index in [9.17, 15) is 0 Å². The minimum absolute atomic E-state index is 1.35. The fourth-order valence-corrected chi connectivity index (χ4v) is 5.29. The van der Waals surface area contributed by atoms with Crippen molar-refractivity contribution >= 4 is 0 Å². The molecule has 0 aromatic heterocycles. The summed E-state index contributed by atoms with van der Waals surface area (Å²) in [5.74, 6) is 0. The molecule has 0 aliphatic rings. The van der Waals surface area contributed by atoms with E-state index in [1.54, 1.807) is 0 Å². The number of hydrogen-bond donors (Lipinski definition) is 0. The molecule has 222 valence electrons. The Balaban J connectivity index is -0.000000565. The maximum atomic E-state index is 7.00. The Labute approximate surface area is 230 Å². The SMILES string of the molecule is CCCC[N+](CCCC)(CCCC)CCCC.CCCC[N+](CCCC)(CCCC)CCCC.[O-][O-]. The van der Waals surface area contributed by atoms with Crippen LogP contribution in [0.5, 0.6) is 0 Å². The summed E-state index contributed by atoms with van der Waals surface area (Å²) in [4.78, 5) is 0. The minimum atomic E-state index is 1.35. The summed E-state index contributed by atoms with van der Waals surface area (Å²) in [5, 5.41) is 14.0. The van der Waals surface area contributed by atoms with Crippen LogP contribution in [-0.2, 0) is 0 Å². The predicted molar refractivity (Wildman–Crippen MR) is 159 cm³/mol. The van der Waals surface area contributed by atoms with Crippen molar-refractivity contribution in [3.8, 4) is 0 Å². The lowest BCUT2D eigenvalue weighted by atomic mass is 10.1. The topological polar surface area (TPSA) is 46.1 Å². The molecule has 36 heavy (non-hydrogen) atoms. The predicted octanol–water partition coefficient (Wildman–Crippen LogP) is 7.63. The minimum Gasteiger partial charge on any atom is -1.00 e. The van der Waals surface area contributed by atoms with Crippen LogP contribution in [0, 0.1) is 0 Å². The zero-order valence-corrected chi connectivity index (χ0v) is 26.7. The van der Waals surface area contributed by atoms with Gasteiger partial charge < -0.3 is 19.5 Å². The van der Waals surface area contributed by atoms with E-state index < -0.39 is 0 Å². The average Bonchev–Trinajstić information content (AvgIpc) is 2.93. The fraction of sp³-hybridized carbons (Fsp3) is 1.00. The molecular weight excluding hydrogens is 444 g/mol. The molecule has 0 radical (unpaired) electrons. The molecule has 0 aliphatic heterocycles. The zero-order chi connectivity index (χ0) is 28.0. The molecule has 0 saturated heterocycles. The summed E-state index contributed by atoms with van der Waals surface area (Å²) < 4.78 is 2.84. The van der Waals surface area contributed by atoms with Crippen LogP contribution in [0.15, 0.2) is 0 Å². The van der Waals surface area contributed by atoms with Gasteiger partial charge in [-0.3, -0.25) is 0 Å². The number of unbranched alkanes of at least 4 members (excludes halogenated alkanes) is 8. The van der Waals surface area contributed by atoms with Crippen molar-refractivity contribution in [1.29, 1.82) is 0 Å². The molecule has 4 nitrogen and oxygen atoms in total. The second-order valence-corrected chi connectivity index (χ2v) is 11.3. The molecule has 0 fully saturated rings. The van der Waals surface area contributed by atoms with E-state index in [1.807, 2.05) is 0 Å². The van der Waals surface area contributed by atoms with E-state index >= 15 is 0 Å². The Morgan fingerprint density at radius 1 is 0.278 bits per heavy atom. The van der Waals surface area contributed by atoms with Crippen LogP contribution >= 0.6 is 0 Å². The first-order valence-corrected chi connectivity index (χ1v) is 16.4. The third-order valence-electron chi connectivity index (χ3n) is 7.89. The lowest BCUT2D eigenvalue weighted by Crippen LogP contribution is -2.50. The van der Waals surface area contributed by atoms with Gasteiger partial charge in [-0.1, -0.05) is 107 Å². The van der Waals surface area contributed by atoms with Crippen molar-refractivity contribution in [2.24, 2.45) is 0 Å². The molecule has 0 aromatic carbocycles. The molecule has 0 aliphatic carbocycles. The van der Waals surface area contributed by atoms with Crippen LogP contribution in [0.4, 0.5) is 0 Å². The molecule has 0 spiro atoms. The molecule has 0 N–H and O–H groups in total. The molecule has 0 amide bonds. The molecule has 0 heterocycles. The van der Waals surface area contributed by atoms with Crippen molar-refractivity contribution in [1.82, 2.24) is 0 Å². The van der Waals surface area contributed by atoms with Gasteiger partial charge in [0, 0.05) is 0 Å². The first-order valence-electron chi connectivity index (χ1n) is 16.4. The summed E-state index contributed by atoms with van der Waals surface area (Å²) in [6, 6.07) is 0. The van der Waals surface area contributed by atoms with Gasteiger partial charge in [-0.05, 0) is 51.4 Å². The van der Waals surface area contributed by atoms with Gasteiger partial charge in [-0.15, -0.1) is 0 Å². The molecular formula is C32H72N2O2. The van der Waals surface area contributed by atoms with Crippen molar-refractivity contribution in [3.05, 3.63) is 0 Å². The quantitative estimate of drug-likeness (QED) is 0.0752. The number of quaternary nitrogens is 2. The first-order chi connectivity index (χ1) is 17.5. The van der Waals surface area contributed by atoms with Gasteiger partial charge >= 0.3 is 0 Å². The van der Waals surface area contributed by atoms with Gasteiger partial charge in [0.15, 0.2) is 0 Å². The van der Waals surface area contributed by atoms with Gasteiger partial charge in [0.25, 0.3) is 0 Å². The lowest BCUT2D eigenvalue weighted by molar-refractivity contribution is -1.00. The summed E-state index contributed by atoms with van der Waals surface area (Å²) in [6.45, 7) is 30.0. The maximum Gasteiger partial charge on any atom is 0.0786 e. The van der Waals surface area contributed by atoms with Crippen LogP contribution in [0.2, 0.25) is 0 Å². The highest BCUT2D eigenvalue weighted by molar-refractivity contribution is 4.50. The van der Waals surface area contributed by atoms with Gasteiger partial charge in [-0.2, -0.15) is 0 Å². The Hall–Kier alpha value is -0.160. The van der Waals surface area contributed by atoms with E-state index in [0.717, 1.165) is 0 Å². The second kappa shape index (κ2) is 31.1. The van der Waals surface area contributed by atoms with Crippen LogP contribution in [-0.4, -0.2) is 61.3 Å². The Kier molecular flexibility index (Phi) is 34.8. The number of rotatable bonds is 24. The molecule has 0 rings (SSSR count). The molecule has 0 bridgehead atoms. The normalized spacial score (nSPS) is 11.5. The molecule has 4 heteroatoms. The van der Waals surface area contributed by atoms with Gasteiger partial charge in [0.05, 0.1) is 52.4 Å². The number of hydrogen-bond acceptors (Lipinski definition) is 2. The lowest BCUT2D eigenvalue weighted by Gasteiger charge is -2.39. The van der Waals surface area contributed by atoms with Crippen molar-refractivity contribution < 1.29 is 19.5 Å². The third kappa shape index (κ3) is 23.0. The Morgan fingerprint density at radius 3 is 0.472 bits per heavy atom. The molecule has 0 unspecified atom stereocenters. The number of nitrogens with zero attached hydrogens (tertiary/aromatic N) is 2. The highest BCUT2D eigenvalue weighted by Crippen LogP contribution is 2.17. The summed E-state index contributed by atoms with van der Waals surface area (Å²) >= 11 is 0. The zero-order valence-electron chi connectivity index (χ0n) is 26.7. The van der Waals surface area contributed by atoms with E-state index in [-0.39, 0.29) is 0 Å². The summed E-state index contributed by atoms with van der Waals surface area (Å²) in [5.41, 5.74) is 0. The highest BCUT2D eigenvalue weighted by atomic mass is 17.0.